The van der Waals surface area contributed by atoms with Gasteiger partial charge in [0.15, 0.2) is 6.10 Å². The third kappa shape index (κ3) is 4.58. The SMILES string of the molecule is Cc1ccc(OC(C)C(=O)N(Cc2ccco2)Cc2ccco2)c(Br)c1. The molecule has 1 unspecified atom stereocenters. The Morgan fingerprint density at radius 3 is 2.23 bits per heavy atom. The Bertz CT molecular complexity index is 807. The van der Waals surface area contributed by atoms with Gasteiger partial charge in [-0.3, -0.25) is 4.79 Å². The number of furan rings is 2. The smallest absolute Gasteiger partial charge is 0.264 e. The molecule has 0 radical (unpaired) electrons. The molecule has 0 aliphatic heterocycles. The number of rotatable bonds is 7. The van der Waals surface area contributed by atoms with Crippen molar-refractivity contribution in [3.63, 3.8) is 0 Å². The van der Waals surface area contributed by atoms with Crippen LogP contribution in [-0.4, -0.2) is 16.9 Å². The van der Waals surface area contributed by atoms with Crippen LogP contribution in [0.1, 0.15) is 24.0 Å². The van der Waals surface area contributed by atoms with Crippen molar-refractivity contribution in [3.05, 3.63) is 76.5 Å². The second kappa shape index (κ2) is 8.27. The molecule has 1 amide bonds. The van der Waals surface area contributed by atoms with E-state index in [1.807, 2.05) is 37.3 Å². The van der Waals surface area contributed by atoms with E-state index in [-0.39, 0.29) is 5.91 Å². The Hall–Kier alpha value is -2.47. The Morgan fingerprint density at radius 1 is 1.12 bits per heavy atom. The largest absolute Gasteiger partial charge is 0.480 e. The molecule has 0 spiro atoms. The molecule has 0 aliphatic carbocycles. The van der Waals surface area contributed by atoms with E-state index in [0.29, 0.717) is 30.4 Å². The Balaban J connectivity index is 1.74. The fraction of sp³-hybridized carbons (Fsp3) is 0.250. The second-order valence-corrected chi connectivity index (χ2v) is 6.90. The maximum Gasteiger partial charge on any atom is 0.264 e. The number of aryl methyl sites for hydroxylation is 1. The molecule has 0 aliphatic rings. The maximum absolute atomic E-state index is 13.0. The highest BCUT2D eigenvalue weighted by atomic mass is 79.9. The molecule has 2 aromatic heterocycles. The van der Waals surface area contributed by atoms with E-state index in [4.69, 9.17) is 13.6 Å². The van der Waals surface area contributed by atoms with Crippen molar-refractivity contribution in [1.82, 2.24) is 4.90 Å². The summed E-state index contributed by atoms with van der Waals surface area (Å²) in [5.41, 5.74) is 1.11. The molecule has 3 rings (SSSR count). The summed E-state index contributed by atoms with van der Waals surface area (Å²) >= 11 is 3.48. The van der Waals surface area contributed by atoms with Crippen molar-refractivity contribution >= 4 is 21.8 Å². The summed E-state index contributed by atoms with van der Waals surface area (Å²) in [5.74, 6) is 1.89. The van der Waals surface area contributed by atoms with Crippen LogP contribution in [-0.2, 0) is 17.9 Å². The highest BCUT2D eigenvalue weighted by Gasteiger charge is 2.24. The molecule has 5 nitrogen and oxygen atoms in total. The van der Waals surface area contributed by atoms with Crippen LogP contribution in [0.15, 0.2) is 68.3 Å². The minimum Gasteiger partial charge on any atom is -0.480 e. The molecular formula is C20H20BrNO4. The van der Waals surface area contributed by atoms with Gasteiger partial charge in [-0.1, -0.05) is 6.07 Å². The van der Waals surface area contributed by atoms with Gasteiger partial charge in [0.2, 0.25) is 0 Å². The highest BCUT2D eigenvalue weighted by molar-refractivity contribution is 9.10. The van der Waals surface area contributed by atoms with E-state index in [2.05, 4.69) is 15.9 Å². The first kappa shape index (κ1) is 18.3. The molecule has 0 saturated heterocycles. The number of halogens is 1. The Kier molecular flexibility index (Phi) is 5.83. The zero-order valence-electron chi connectivity index (χ0n) is 14.6. The molecule has 1 aromatic carbocycles. The van der Waals surface area contributed by atoms with E-state index < -0.39 is 6.10 Å². The second-order valence-electron chi connectivity index (χ2n) is 6.05. The standard InChI is InChI=1S/C20H20BrNO4/c1-14-7-8-19(18(21)11-14)26-15(2)20(23)22(12-16-5-3-9-24-16)13-17-6-4-10-25-17/h3-11,15H,12-13H2,1-2H3. The first-order valence-electron chi connectivity index (χ1n) is 8.29. The Morgan fingerprint density at radius 2 is 1.73 bits per heavy atom. The van der Waals surface area contributed by atoms with Crippen molar-refractivity contribution in [1.29, 1.82) is 0 Å². The minimum absolute atomic E-state index is 0.148. The van der Waals surface area contributed by atoms with Crippen molar-refractivity contribution in [2.45, 2.75) is 33.0 Å². The van der Waals surface area contributed by atoms with Gasteiger partial charge in [-0.15, -0.1) is 0 Å². The molecule has 1 atom stereocenters. The van der Waals surface area contributed by atoms with Gasteiger partial charge in [0.1, 0.15) is 17.3 Å². The van der Waals surface area contributed by atoms with Crippen LogP contribution < -0.4 is 4.74 Å². The first-order chi connectivity index (χ1) is 12.5. The molecule has 3 aromatic rings. The molecule has 0 fully saturated rings. The Labute approximate surface area is 160 Å². The molecule has 0 bridgehead atoms. The number of carbonyl (C=O) groups is 1. The van der Waals surface area contributed by atoms with Crippen LogP contribution >= 0.6 is 15.9 Å². The minimum atomic E-state index is -0.654. The average molecular weight is 418 g/mol. The van der Waals surface area contributed by atoms with Gasteiger partial charge in [0.25, 0.3) is 5.91 Å². The van der Waals surface area contributed by atoms with Gasteiger partial charge in [-0.2, -0.15) is 0 Å². The fourth-order valence-electron chi connectivity index (χ4n) is 2.59. The molecule has 26 heavy (non-hydrogen) atoms. The van der Waals surface area contributed by atoms with Gasteiger partial charge >= 0.3 is 0 Å². The molecule has 0 saturated carbocycles. The molecule has 0 N–H and O–H groups in total. The quantitative estimate of drug-likeness (QED) is 0.546. The summed E-state index contributed by atoms with van der Waals surface area (Å²) in [6, 6.07) is 13.0. The third-order valence-corrected chi connectivity index (χ3v) is 4.52. The summed E-state index contributed by atoms with van der Waals surface area (Å²) < 4.78 is 17.5. The number of ether oxygens (including phenoxy) is 1. The zero-order valence-corrected chi connectivity index (χ0v) is 16.2. The maximum atomic E-state index is 13.0. The topological polar surface area (TPSA) is 55.8 Å². The van der Waals surface area contributed by atoms with Gasteiger partial charge in [0, 0.05) is 0 Å². The predicted octanol–water partition coefficient (Wildman–Crippen LogP) is 4.94. The van der Waals surface area contributed by atoms with Crippen LogP contribution in [0.2, 0.25) is 0 Å². The summed E-state index contributed by atoms with van der Waals surface area (Å²) in [6.07, 6.45) is 2.53. The number of nitrogens with zero attached hydrogens (tertiary/aromatic N) is 1. The summed E-state index contributed by atoms with van der Waals surface area (Å²) in [6.45, 7) is 4.42. The lowest BCUT2D eigenvalue weighted by Crippen LogP contribution is -2.39. The normalized spacial score (nSPS) is 12.0. The van der Waals surface area contributed by atoms with Crippen LogP contribution in [0.3, 0.4) is 0 Å². The number of hydrogen-bond acceptors (Lipinski definition) is 4. The van der Waals surface area contributed by atoms with Crippen LogP contribution in [0.25, 0.3) is 0 Å². The summed E-state index contributed by atoms with van der Waals surface area (Å²) in [7, 11) is 0. The van der Waals surface area contributed by atoms with Crippen LogP contribution in [0, 0.1) is 6.92 Å². The number of amides is 1. The average Bonchev–Trinajstić information content (AvgIpc) is 3.30. The zero-order chi connectivity index (χ0) is 18.5. The van der Waals surface area contributed by atoms with E-state index in [1.54, 1.807) is 36.5 Å². The molecule has 6 heteroatoms. The van der Waals surface area contributed by atoms with Gasteiger partial charge < -0.3 is 18.5 Å². The lowest BCUT2D eigenvalue weighted by Gasteiger charge is -2.25. The summed E-state index contributed by atoms with van der Waals surface area (Å²) in [4.78, 5) is 14.6. The summed E-state index contributed by atoms with van der Waals surface area (Å²) in [5, 5.41) is 0. The lowest BCUT2D eigenvalue weighted by molar-refractivity contribution is -0.139. The third-order valence-electron chi connectivity index (χ3n) is 3.90. The molecular weight excluding hydrogens is 398 g/mol. The van der Waals surface area contributed by atoms with Crippen molar-refractivity contribution in [2.75, 3.05) is 0 Å². The van der Waals surface area contributed by atoms with Crippen molar-refractivity contribution < 1.29 is 18.4 Å². The van der Waals surface area contributed by atoms with E-state index in [0.717, 1.165) is 10.0 Å². The van der Waals surface area contributed by atoms with Crippen LogP contribution in [0.4, 0.5) is 0 Å². The van der Waals surface area contributed by atoms with Gasteiger partial charge in [0.05, 0.1) is 30.1 Å². The highest BCUT2D eigenvalue weighted by Crippen LogP contribution is 2.27. The number of carbonyl (C=O) groups excluding carboxylic acids is 1. The predicted molar refractivity (Wildman–Crippen MR) is 101 cm³/mol. The number of hydrogen-bond donors (Lipinski definition) is 0. The lowest BCUT2D eigenvalue weighted by atomic mass is 10.2. The van der Waals surface area contributed by atoms with Gasteiger partial charge in [-0.25, -0.2) is 0 Å². The first-order valence-corrected chi connectivity index (χ1v) is 9.08. The van der Waals surface area contributed by atoms with E-state index in [9.17, 15) is 4.79 Å². The fourth-order valence-corrected chi connectivity index (χ4v) is 3.18. The van der Waals surface area contributed by atoms with Crippen molar-refractivity contribution in [3.8, 4) is 5.75 Å². The molecule has 2 heterocycles. The van der Waals surface area contributed by atoms with E-state index in [1.165, 1.54) is 0 Å². The van der Waals surface area contributed by atoms with E-state index >= 15 is 0 Å². The van der Waals surface area contributed by atoms with Gasteiger partial charge in [-0.05, 0) is 71.7 Å². The monoisotopic (exact) mass is 417 g/mol. The molecule has 136 valence electrons. The van der Waals surface area contributed by atoms with Crippen LogP contribution in [0.5, 0.6) is 5.75 Å². The van der Waals surface area contributed by atoms with Crippen molar-refractivity contribution in [2.24, 2.45) is 0 Å². The number of benzene rings is 1.